The van der Waals surface area contributed by atoms with Crippen LogP contribution in [0, 0.1) is 5.92 Å². The van der Waals surface area contributed by atoms with Crippen LogP contribution in [0.15, 0.2) is 36.2 Å². The average molecular weight is 303 g/mol. The molecule has 1 atom stereocenters. The quantitative estimate of drug-likeness (QED) is 0.644. The summed E-state index contributed by atoms with van der Waals surface area (Å²) in [6.45, 7) is 7.31. The van der Waals surface area contributed by atoms with Crippen LogP contribution in [0.2, 0.25) is 0 Å². The topological polar surface area (TPSA) is 87.3 Å². The number of benzene rings is 1. The summed E-state index contributed by atoms with van der Waals surface area (Å²) in [4.78, 5) is 0. The summed E-state index contributed by atoms with van der Waals surface area (Å²) in [7, 11) is 0. The Morgan fingerprint density at radius 1 is 1.18 bits per heavy atom. The molecule has 0 spiro atoms. The van der Waals surface area contributed by atoms with Crippen LogP contribution in [0.1, 0.15) is 44.7 Å². The number of hydrogen-bond acceptors (Lipinski definition) is 4. The zero-order valence-electron chi connectivity index (χ0n) is 13.9. The van der Waals surface area contributed by atoms with Crippen molar-refractivity contribution in [2.75, 3.05) is 6.61 Å². The van der Waals surface area contributed by atoms with Crippen LogP contribution in [-0.2, 0) is 6.42 Å². The Bertz CT molecular complexity index is 531. The summed E-state index contributed by atoms with van der Waals surface area (Å²) < 4.78 is 5.92. The van der Waals surface area contributed by atoms with Crippen LogP contribution >= 0.6 is 0 Å². The van der Waals surface area contributed by atoms with Crippen LogP contribution in [0.5, 0.6) is 5.75 Å². The fourth-order valence-corrected chi connectivity index (χ4v) is 2.03. The van der Waals surface area contributed by atoms with E-state index in [-0.39, 0.29) is 5.82 Å². The zero-order chi connectivity index (χ0) is 16.5. The predicted molar refractivity (Wildman–Crippen MR) is 94.0 cm³/mol. The molecular formula is C18H29N3O. The molecule has 1 aromatic rings. The smallest absolute Gasteiger partial charge is 0.122 e. The molecule has 0 bridgehead atoms. The molecule has 1 rings (SSSR count). The molecule has 4 nitrogen and oxygen atoms in total. The van der Waals surface area contributed by atoms with Crippen molar-refractivity contribution in [3.63, 3.8) is 0 Å². The molecule has 1 aromatic carbocycles. The van der Waals surface area contributed by atoms with E-state index in [4.69, 9.17) is 21.9 Å². The fourth-order valence-electron chi connectivity index (χ4n) is 2.03. The second-order valence-corrected chi connectivity index (χ2v) is 5.62. The van der Waals surface area contributed by atoms with Crippen molar-refractivity contribution in [2.45, 2.75) is 40.0 Å². The number of ether oxygens (including phenoxy) is 1. The van der Waals surface area contributed by atoms with Gasteiger partial charge in [0, 0.05) is 5.70 Å². The number of rotatable bonds is 8. The van der Waals surface area contributed by atoms with Crippen LogP contribution < -0.4 is 21.9 Å². The molecule has 1 unspecified atom stereocenters. The second kappa shape index (κ2) is 9.03. The number of allylic oxidation sites excluding steroid dienone is 2. The molecule has 0 saturated heterocycles. The van der Waals surface area contributed by atoms with Gasteiger partial charge in [-0.05, 0) is 60.2 Å². The van der Waals surface area contributed by atoms with Crippen molar-refractivity contribution in [3.05, 3.63) is 47.3 Å². The highest BCUT2D eigenvalue weighted by Crippen LogP contribution is 2.24. The highest BCUT2D eigenvalue weighted by atomic mass is 16.5. The van der Waals surface area contributed by atoms with E-state index in [0.717, 1.165) is 36.3 Å². The molecule has 0 aliphatic rings. The highest BCUT2D eigenvalue weighted by molar-refractivity contribution is 5.66. The van der Waals surface area contributed by atoms with Crippen LogP contribution in [0.25, 0.3) is 5.70 Å². The maximum atomic E-state index is 6.04. The Morgan fingerprint density at radius 2 is 1.91 bits per heavy atom. The van der Waals surface area contributed by atoms with Gasteiger partial charge < -0.3 is 21.9 Å². The minimum absolute atomic E-state index is 0.240. The first kappa shape index (κ1) is 18.0. The van der Waals surface area contributed by atoms with Crippen molar-refractivity contribution in [1.82, 2.24) is 0 Å². The van der Waals surface area contributed by atoms with Gasteiger partial charge in [0.2, 0.25) is 0 Å². The first-order valence-corrected chi connectivity index (χ1v) is 7.92. The van der Waals surface area contributed by atoms with Gasteiger partial charge in [0.1, 0.15) is 5.75 Å². The molecule has 22 heavy (non-hydrogen) atoms. The summed E-state index contributed by atoms with van der Waals surface area (Å²) in [5.41, 5.74) is 19.6. The SMILES string of the molecule is CCc1cc(/C(N)=C/C=C(N)N)ccc1OCCC(C)CC. The Labute approximate surface area is 134 Å². The van der Waals surface area contributed by atoms with Crippen LogP contribution in [-0.4, -0.2) is 6.61 Å². The molecular weight excluding hydrogens is 274 g/mol. The molecule has 0 radical (unpaired) electrons. The van der Waals surface area contributed by atoms with E-state index in [1.807, 2.05) is 12.1 Å². The lowest BCUT2D eigenvalue weighted by atomic mass is 10.0. The highest BCUT2D eigenvalue weighted by Gasteiger charge is 2.06. The third-order valence-electron chi connectivity index (χ3n) is 3.80. The molecule has 0 aromatic heterocycles. The monoisotopic (exact) mass is 303 g/mol. The van der Waals surface area contributed by atoms with Gasteiger partial charge in [0.05, 0.1) is 12.4 Å². The van der Waals surface area contributed by atoms with Gasteiger partial charge in [-0.15, -0.1) is 0 Å². The van der Waals surface area contributed by atoms with E-state index in [1.165, 1.54) is 6.42 Å². The Kier molecular flexibility index (Phi) is 7.37. The summed E-state index contributed by atoms with van der Waals surface area (Å²) in [6, 6.07) is 6.01. The minimum atomic E-state index is 0.240. The molecule has 0 aliphatic heterocycles. The third-order valence-corrected chi connectivity index (χ3v) is 3.80. The summed E-state index contributed by atoms with van der Waals surface area (Å²) in [5, 5.41) is 0. The Morgan fingerprint density at radius 3 is 2.50 bits per heavy atom. The fraction of sp³-hybridized carbons (Fsp3) is 0.444. The lowest BCUT2D eigenvalue weighted by Crippen LogP contribution is -2.07. The van der Waals surface area contributed by atoms with Gasteiger partial charge in [-0.1, -0.05) is 27.2 Å². The number of aryl methyl sites for hydroxylation is 1. The van der Waals surface area contributed by atoms with Gasteiger partial charge >= 0.3 is 0 Å². The lowest BCUT2D eigenvalue weighted by Gasteiger charge is -2.14. The first-order valence-electron chi connectivity index (χ1n) is 7.92. The molecule has 0 amide bonds. The lowest BCUT2D eigenvalue weighted by molar-refractivity contribution is 0.279. The van der Waals surface area contributed by atoms with E-state index < -0.39 is 0 Å². The van der Waals surface area contributed by atoms with E-state index in [9.17, 15) is 0 Å². The second-order valence-electron chi connectivity index (χ2n) is 5.62. The minimum Gasteiger partial charge on any atom is -0.493 e. The van der Waals surface area contributed by atoms with Crippen molar-refractivity contribution < 1.29 is 4.74 Å². The average Bonchev–Trinajstić information content (AvgIpc) is 2.52. The molecule has 122 valence electrons. The first-order chi connectivity index (χ1) is 10.5. The van der Waals surface area contributed by atoms with E-state index >= 15 is 0 Å². The van der Waals surface area contributed by atoms with Crippen molar-refractivity contribution in [3.8, 4) is 5.75 Å². The summed E-state index contributed by atoms with van der Waals surface area (Å²) in [5.74, 6) is 1.87. The number of nitrogens with two attached hydrogens (primary N) is 3. The van der Waals surface area contributed by atoms with Crippen LogP contribution in [0.4, 0.5) is 0 Å². The molecule has 0 fully saturated rings. The molecule has 4 heteroatoms. The largest absolute Gasteiger partial charge is 0.493 e. The number of hydrogen-bond donors (Lipinski definition) is 3. The maximum Gasteiger partial charge on any atom is 0.122 e. The van der Waals surface area contributed by atoms with E-state index in [0.29, 0.717) is 11.6 Å². The van der Waals surface area contributed by atoms with Gasteiger partial charge in [0.15, 0.2) is 0 Å². The molecule has 6 N–H and O–H groups in total. The van der Waals surface area contributed by atoms with E-state index in [2.05, 4.69) is 26.8 Å². The molecule has 0 aliphatic carbocycles. The summed E-state index contributed by atoms with van der Waals surface area (Å²) in [6.07, 6.45) is 6.46. The van der Waals surface area contributed by atoms with Crippen molar-refractivity contribution in [1.29, 1.82) is 0 Å². The zero-order valence-corrected chi connectivity index (χ0v) is 13.9. The normalized spacial score (nSPS) is 12.8. The maximum absolute atomic E-state index is 6.04. The Balaban J connectivity index is 2.82. The Hall–Kier alpha value is -2.10. The summed E-state index contributed by atoms with van der Waals surface area (Å²) >= 11 is 0. The van der Waals surface area contributed by atoms with Gasteiger partial charge in [0.25, 0.3) is 0 Å². The van der Waals surface area contributed by atoms with Crippen LogP contribution in [0.3, 0.4) is 0 Å². The predicted octanol–water partition coefficient (Wildman–Crippen LogP) is 3.12. The van der Waals surface area contributed by atoms with Crippen molar-refractivity contribution >= 4 is 5.70 Å². The van der Waals surface area contributed by atoms with Gasteiger partial charge in [-0.25, -0.2) is 0 Å². The standard InChI is InChI=1S/C18H29N3O/c1-4-13(3)10-11-22-17-8-6-15(12-14(17)5-2)16(19)7-9-18(20)21/h6-9,12-13H,4-5,10-11,19-21H2,1-3H3/b16-7-. The molecule has 0 saturated carbocycles. The van der Waals surface area contributed by atoms with Crippen molar-refractivity contribution in [2.24, 2.45) is 23.1 Å². The molecule has 0 heterocycles. The van der Waals surface area contributed by atoms with Gasteiger partial charge in [-0.2, -0.15) is 0 Å². The third kappa shape index (κ3) is 5.72. The van der Waals surface area contributed by atoms with Gasteiger partial charge in [-0.3, -0.25) is 0 Å². The van der Waals surface area contributed by atoms with E-state index in [1.54, 1.807) is 12.2 Å².